The van der Waals surface area contributed by atoms with Gasteiger partial charge in [-0.3, -0.25) is 4.79 Å². The molecule has 0 aromatic heterocycles. The van der Waals surface area contributed by atoms with Gasteiger partial charge in [0, 0.05) is 0 Å². The second-order valence-electron chi connectivity index (χ2n) is 8.33. The summed E-state index contributed by atoms with van der Waals surface area (Å²) in [4.78, 5) is 24.0. The second kappa shape index (κ2) is 6.37. The Labute approximate surface area is 128 Å². The van der Waals surface area contributed by atoms with Crippen molar-refractivity contribution in [3.8, 4) is 0 Å². The molecule has 4 nitrogen and oxygen atoms in total. The molecule has 0 unspecified atom stereocenters. The Morgan fingerprint density at radius 1 is 1.05 bits per heavy atom. The molecule has 0 radical (unpaired) electrons. The van der Waals surface area contributed by atoms with Crippen LogP contribution in [0.15, 0.2) is 0 Å². The molecule has 4 heteroatoms. The molecule has 0 amide bonds. The predicted molar refractivity (Wildman–Crippen MR) is 81.8 cm³/mol. The molecule has 0 atom stereocenters. The number of carbonyl (C=O) groups is 2. The summed E-state index contributed by atoms with van der Waals surface area (Å²) in [6, 6.07) is 0. The van der Waals surface area contributed by atoms with Crippen molar-refractivity contribution in [2.75, 3.05) is 6.61 Å². The lowest BCUT2D eigenvalue weighted by molar-refractivity contribution is -0.172. The van der Waals surface area contributed by atoms with Crippen molar-refractivity contribution >= 4 is 11.9 Å². The summed E-state index contributed by atoms with van der Waals surface area (Å²) in [5.74, 6) is -0.787. The fourth-order valence-electron chi connectivity index (χ4n) is 3.25. The van der Waals surface area contributed by atoms with Gasteiger partial charge in [0.1, 0.15) is 5.60 Å². The van der Waals surface area contributed by atoms with Crippen LogP contribution in [0.1, 0.15) is 73.6 Å². The monoisotopic (exact) mass is 298 g/mol. The standard InChI is InChI=1S/C17H30O4/c1-15(2,3)12-16(4,5)14(19)20-11-13(18)21-17(6)9-7-8-10-17/h7-12H2,1-6H3. The lowest BCUT2D eigenvalue weighted by atomic mass is 9.76. The van der Waals surface area contributed by atoms with Crippen LogP contribution in [0.2, 0.25) is 0 Å². The Bertz CT molecular complexity index is 384. The van der Waals surface area contributed by atoms with Gasteiger partial charge in [0.15, 0.2) is 6.61 Å². The van der Waals surface area contributed by atoms with Gasteiger partial charge in [0.25, 0.3) is 0 Å². The molecular weight excluding hydrogens is 268 g/mol. The van der Waals surface area contributed by atoms with Gasteiger partial charge in [0.05, 0.1) is 5.41 Å². The first-order chi connectivity index (χ1) is 9.44. The normalized spacial score (nSPS) is 18.4. The van der Waals surface area contributed by atoms with Gasteiger partial charge in [-0.1, -0.05) is 20.8 Å². The third-order valence-corrected chi connectivity index (χ3v) is 3.87. The quantitative estimate of drug-likeness (QED) is 0.723. The Morgan fingerprint density at radius 2 is 1.57 bits per heavy atom. The van der Waals surface area contributed by atoms with Crippen molar-refractivity contribution in [3.63, 3.8) is 0 Å². The third kappa shape index (κ3) is 6.06. The lowest BCUT2D eigenvalue weighted by Gasteiger charge is -2.30. The number of ether oxygens (including phenoxy) is 2. The highest BCUT2D eigenvalue weighted by Crippen LogP contribution is 2.34. The zero-order chi connectivity index (χ0) is 16.3. The summed E-state index contributed by atoms with van der Waals surface area (Å²) >= 11 is 0. The predicted octanol–water partition coefficient (Wildman–Crippen LogP) is 3.87. The molecule has 122 valence electrons. The minimum atomic E-state index is -0.601. The van der Waals surface area contributed by atoms with Crippen LogP contribution >= 0.6 is 0 Å². The Kier molecular flexibility index (Phi) is 5.46. The van der Waals surface area contributed by atoms with Gasteiger partial charge in [-0.05, 0) is 58.3 Å². The molecule has 21 heavy (non-hydrogen) atoms. The molecule has 0 spiro atoms. The molecule has 0 saturated heterocycles. The number of hydrogen-bond acceptors (Lipinski definition) is 4. The van der Waals surface area contributed by atoms with Gasteiger partial charge in [0.2, 0.25) is 0 Å². The molecule has 1 aliphatic carbocycles. The zero-order valence-corrected chi connectivity index (χ0v) is 14.4. The van der Waals surface area contributed by atoms with Crippen molar-refractivity contribution in [2.45, 2.75) is 79.2 Å². The minimum absolute atomic E-state index is 0.0281. The van der Waals surface area contributed by atoms with Gasteiger partial charge in [-0.2, -0.15) is 0 Å². The molecule has 1 fully saturated rings. The summed E-state index contributed by atoms with van der Waals surface area (Å²) in [5.41, 5.74) is -0.944. The first kappa shape index (κ1) is 18.0. The van der Waals surface area contributed by atoms with Crippen LogP contribution in [-0.4, -0.2) is 24.1 Å². The topological polar surface area (TPSA) is 52.6 Å². The molecule has 0 N–H and O–H groups in total. The smallest absolute Gasteiger partial charge is 0.344 e. The summed E-state index contributed by atoms with van der Waals surface area (Å²) in [5, 5.41) is 0. The van der Waals surface area contributed by atoms with Crippen molar-refractivity contribution in [3.05, 3.63) is 0 Å². The molecule has 0 bridgehead atoms. The van der Waals surface area contributed by atoms with E-state index in [4.69, 9.17) is 9.47 Å². The van der Waals surface area contributed by atoms with Crippen LogP contribution in [0.3, 0.4) is 0 Å². The summed E-state index contributed by atoms with van der Waals surface area (Å²) in [7, 11) is 0. The van der Waals surface area contributed by atoms with Crippen LogP contribution in [0.4, 0.5) is 0 Å². The van der Waals surface area contributed by atoms with Gasteiger partial charge >= 0.3 is 11.9 Å². The first-order valence-corrected chi connectivity index (χ1v) is 7.83. The Morgan fingerprint density at radius 3 is 2.05 bits per heavy atom. The van der Waals surface area contributed by atoms with Crippen molar-refractivity contribution in [1.82, 2.24) is 0 Å². The number of esters is 2. The average Bonchev–Trinajstić information content (AvgIpc) is 2.69. The largest absolute Gasteiger partial charge is 0.457 e. The molecular formula is C17H30O4. The highest BCUT2D eigenvalue weighted by molar-refractivity contribution is 5.80. The highest BCUT2D eigenvalue weighted by atomic mass is 16.6. The van der Waals surface area contributed by atoms with Crippen molar-refractivity contribution in [1.29, 1.82) is 0 Å². The molecule has 0 aliphatic heterocycles. The first-order valence-electron chi connectivity index (χ1n) is 7.83. The van der Waals surface area contributed by atoms with Crippen LogP contribution in [0.25, 0.3) is 0 Å². The van der Waals surface area contributed by atoms with E-state index in [1.54, 1.807) is 0 Å². The van der Waals surface area contributed by atoms with E-state index < -0.39 is 11.4 Å². The van der Waals surface area contributed by atoms with Crippen molar-refractivity contribution < 1.29 is 19.1 Å². The second-order valence-corrected chi connectivity index (χ2v) is 8.33. The molecule has 0 aromatic rings. The maximum atomic E-state index is 12.1. The van der Waals surface area contributed by atoms with E-state index in [2.05, 4.69) is 20.8 Å². The molecule has 1 rings (SSSR count). The van der Waals surface area contributed by atoms with Crippen LogP contribution in [0, 0.1) is 10.8 Å². The maximum absolute atomic E-state index is 12.1. The molecule has 1 aliphatic rings. The summed E-state index contributed by atoms with van der Waals surface area (Å²) in [6.07, 6.45) is 4.65. The van der Waals surface area contributed by atoms with Crippen LogP contribution < -0.4 is 0 Å². The summed E-state index contributed by atoms with van der Waals surface area (Å²) < 4.78 is 10.6. The van der Waals surface area contributed by atoms with E-state index in [9.17, 15) is 9.59 Å². The van der Waals surface area contributed by atoms with Crippen LogP contribution in [-0.2, 0) is 19.1 Å². The van der Waals surface area contributed by atoms with E-state index in [-0.39, 0.29) is 23.6 Å². The molecule has 0 aromatic carbocycles. The minimum Gasteiger partial charge on any atom is -0.457 e. The van der Waals surface area contributed by atoms with Gasteiger partial charge in [-0.15, -0.1) is 0 Å². The Balaban J connectivity index is 2.43. The summed E-state index contributed by atoms with van der Waals surface area (Å²) in [6.45, 7) is 11.6. The molecule has 1 saturated carbocycles. The van der Waals surface area contributed by atoms with E-state index >= 15 is 0 Å². The fourth-order valence-corrected chi connectivity index (χ4v) is 3.25. The average molecular weight is 298 g/mol. The number of hydrogen-bond donors (Lipinski definition) is 0. The Hall–Kier alpha value is -1.06. The lowest BCUT2D eigenvalue weighted by Crippen LogP contribution is -2.34. The number of rotatable bonds is 5. The SMILES string of the molecule is CC(C)(C)CC(C)(C)C(=O)OCC(=O)OC1(C)CCCC1. The van der Waals surface area contributed by atoms with Gasteiger partial charge < -0.3 is 9.47 Å². The third-order valence-electron chi connectivity index (χ3n) is 3.87. The number of carbonyl (C=O) groups excluding carboxylic acids is 2. The van der Waals surface area contributed by atoms with Crippen molar-refractivity contribution in [2.24, 2.45) is 10.8 Å². The highest BCUT2D eigenvalue weighted by Gasteiger charge is 2.36. The van der Waals surface area contributed by atoms with E-state index in [1.807, 2.05) is 20.8 Å². The van der Waals surface area contributed by atoms with Gasteiger partial charge in [-0.25, -0.2) is 4.79 Å². The van der Waals surface area contributed by atoms with E-state index in [0.29, 0.717) is 6.42 Å². The molecule has 0 heterocycles. The fraction of sp³-hybridized carbons (Fsp3) is 0.882. The van der Waals surface area contributed by atoms with E-state index in [0.717, 1.165) is 25.7 Å². The maximum Gasteiger partial charge on any atom is 0.344 e. The zero-order valence-electron chi connectivity index (χ0n) is 14.4. The van der Waals surface area contributed by atoms with E-state index in [1.165, 1.54) is 0 Å². The van der Waals surface area contributed by atoms with Crippen LogP contribution in [0.5, 0.6) is 0 Å².